The molecule has 0 heterocycles. The molecule has 3 atom stereocenters. The van der Waals surface area contributed by atoms with E-state index in [1.807, 2.05) is 19.9 Å². The van der Waals surface area contributed by atoms with E-state index in [1.54, 1.807) is 24.3 Å². The summed E-state index contributed by atoms with van der Waals surface area (Å²) in [7, 11) is 0. The third-order valence-electron chi connectivity index (χ3n) is 5.16. The molecule has 3 amide bonds. The summed E-state index contributed by atoms with van der Waals surface area (Å²) < 4.78 is 5.23. The summed E-state index contributed by atoms with van der Waals surface area (Å²) in [6.45, 7) is 3.00. The summed E-state index contributed by atoms with van der Waals surface area (Å²) in [6, 6.07) is 6.83. The average Bonchev–Trinajstić information content (AvgIpc) is 2.85. The first-order valence-electron chi connectivity index (χ1n) is 12.0. The zero-order valence-corrected chi connectivity index (χ0v) is 21.1. The fourth-order valence-electron chi connectivity index (χ4n) is 3.33. The van der Waals surface area contributed by atoms with Crippen LogP contribution in [0.4, 0.5) is 0 Å². The van der Waals surface area contributed by atoms with Crippen LogP contribution < -0.4 is 21.5 Å². The van der Waals surface area contributed by atoms with Crippen molar-refractivity contribution in [3.05, 3.63) is 35.9 Å². The molecule has 1 aromatic rings. The first-order chi connectivity index (χ1) is 17.7. The zero-order valence-electron chi connectivity index (χ0n) is 21.1. The van der Waals surface area contributed by atoms with Crippen LogP contribution in [-0.2, 0) is 35.2 Å². The van der Waals surface area contributed by atoms with Gasteiger partial charge in [0.2, 0.25) is 17.7 Å². The maximum atomic E-state index is 12.9. The number of benzene rings is 1. The molecule has 7 N–H and O–H groups in total. The van der Waals surface area contributed by atoms with E-state index in [-0.39, 0.29) is 58.0 Å². The van der Waals surface area contributed by atoms with E-state index < -0.39 is 41.9 Å². The molecule has 2 unspecified atom stereocenters. The molecule has 0 aromatic heterocycles. The molecular formula is C24H38N4O9. The number of hydrogen-bond donors (Lipinski definition) is 7. The lowest BCUT2D eigenvalue weighted by atomic mass is 10.0. The normalized spacial score (nSPS) is 13.4. The smallest absolute Gasteiger partial charge is 0.326 e. The van der Waals surface area contributed by atoms with E-state index >= 15 is 0 Å². The van der Waals surface area contributed by atoms with Crippen molar-refractivity contribution in [2.75, 3.05) is 26.4 Å². The van der Waals surface area contributed by atoms with E-state index in [2.05, 4.69) is 26.4 Å². The number of carboxylic acids is 1. The summed E-state index contributed by atoms with van der Waals surface area (Å²) in [4.78, 5) is 52.8. The van der Waals surface area contributed by atoms with Crippen LogP contribution in [-0.4, -0.2) is 83.7 Å². The molecule has 0 aliphatic carbocycles. The Morgan fingerprint density at radius 3 is 2.27 bits per heavy atom. The molecule has 0 aliphatic rings. The summed E-state index contributed by atoms with van der Waals surface area (Å²) in [5.74, 6) is -2.80. The Labute approximate surface area is 215 Å². The van der Waals surface area contributed by atoms with Gasteiger partial charge < -0.3 is 25.6 Å². The van der Waals surface area contributed by atoms with Crippen molar-refractivity contribution in [1.82, 2.24) is 21.5 Å². The molecule has 208 valence electrons. The lowest BCUT2D eigenvalue weighted by molar-refractivity contribution is -0.251. The SMILES string of the molecule is CC(C)CC(NC(=O)[C@H](Cc1ccccc1)NC(=O)CNNC(=O)CCC(CO)OCCOO)C(=O)O. The molecule has 0 aliphatic heterocycles. The lowest BCUT2D eigenvalue weighted by Crippen LogP contribution is -2.54. The molecule has 0 bridgehead atoms. The Morgan fingerprint density at radius 1 is 0.973 bits per heavy atom. The Kier molecular flexibility index (Phi) is 15.7. The van der Waals surface area contributed by atoms with E-state index in [1.165, 1.54) is 0 Å². The van der Waals surface area contributed by atoms with Gasteiger partial charge in [0, 0.05) is 12.8 Å². The molecule has 0 saturated carbocycles. The first kappa shape index (κ1) is 31.9. The summed E-state index contributed by atoms with van der Waals surface area (Å²) in [6.07, 6.45) is -0.0551. The van der Waals surface area contributed by atoms with Crippen molar-refractivity contribution >= 4 is 23.7 Å². The number of hydrazine groups is 1. The number of amides is 3. The minimum atomic E-state index is -1.16. The quantitative estimate of drug-likeness (QED) is 0.0708. The fourth-order valence-corrected chi connectivity index (χ4v) is 3.33. The highest BCUT2D eigenvalue weighted by Crippen LogP contribution is 2.08. The van der Waals surface area contributed by atoms with Crippen molar-refractivity contribution in [3.8, 4) is 0 Å². The van der Waals surface area contributed by atoms with Crippen LogP contribution >= 0.6 is 0 Å². The number of ether oxygens (including phenoxy) is 1. The number of carboxylic acid groups (broad SMARTS) is 1. The fraction of sp³-hybridized carbons (Fsp3) is 0.583. The van der Waals surface area contributed by atoms with E-state index in [0.29, 0.717) is 0 Å². The Morgan fingerprint density at radius 2 is 1.68 bits per heavy atom. The number of carbonyl (C=O) groups is 4. The Bertz CT molecular complexity index is 839. The van der Waals surface area contributed by atoms with Gasteiger partial charge in [-0.05, 0) is 24.3 Å². The molecule has 0 spiro atoms. The molecule has 13 nitrogen and oxygen atoms in total. The number of nitrogens with one attached hydrogen (secondary N) is 4. The third kappa shape index (κ3) is 14.3. The zero-order chi connectivity index (χ0) is 27.6. The number of aliphatic hydroxyl groups excluding tert-OH is 1. The maximum absolute atomic E-state index is 12.9. The standard InChI is InChI=1S/C24H38N4O9/c1-16(2)12-20(24(33)34)27-23(32)19(13-17-6-4-3-5-7-17)26-22(31)14-25-28-21(30)9-8-18(15-29)36-10-11-37-35/h3-7,16,18-20,25,29,35H,8-15H2,1-2H3,(H,26,31)(H,27,32)(H,28,30)(H,33,34)/t18?,19-,20?/m0/s1. The topological polar surface area (TPSA) is 196 Å². The number of hydrogen-bond acceptors (Lipinski definition) is 9. The maximum Gasteiger partial charge on any atom is 0.326 e. The van der Waals surface area contributed by atoms with Crippen LogP contribution in [0, 0.1) is 5.92 Å². The number of carbonyl (C=O) groups excluding carboxylic acids is 3. The van der Waals surface area contributed by atoms with Crippen LogP contribution in [0.3, 0.4) is 0 Å². The van der Waals surface area contributed by atoms with E-state index in [4.69, 9.17) is 9.99 Å². The molecule has 1 aromatic carbocycles. The molecular weight excluding hydrogens is 488 g/mol. The summed E-state index contributed by atoms with van der Waals surface area (Å²) in [5, 5.41) is 32.1. The van der Waals surface area contributed by atoms with Crippen molar-refractivity contribution < 1.29 is 44.3 Å². The van der Waals surface area contributed by atoms with Crippen molar-refractivity contribution in [1.29, 1.82) is 0 Å². The second-order valence-electron chi connectivity index (χ2n) is 8.79. The highest BCUT2D eigenvalue weighted by molar-refractivity contribution is 5.91. The van der Waals surface area contributed by atoms with Gasteiger partial charge in [0.1, 0.15) is 18.7 Å². The average molecular weight is 527 g/mol. The van der Waals surface area contributed by atoms with Crippen LogP contribution in [0.2, 0.25) is 0 Å². The van der Waals surface area contributed by atoms with Crippen LogP contribution in [0.15, 0.2) is 30.3 Å². The highest BCUT2D eigenvalue weighted by atomic mass is 17.1. The van der Waals surface area contributed by atoms with Gasteiger partial charge >= 0.3 is 5.97 Å². The first-order valence-corrected chi connectivity index (χ1v) is 12.0. The van der Waals surface area contributed by atoms with Gasteiger partial charge in [-0.1, -0.05) is 44.2 Å². The van der Waals surface area contributed by atoms with Crippen LogP contribution in [0.25, 0.3) is 0 Å². The van der Waals surface area contributed by atoms with Gasteiger partial charge in [-0.15, -0.1) is 0 Å². The lowest BCUT2D eigenvalue weighted by Gasteiger charge is -2.22. The molecule has 37 heavy (non-hydrogen) atoms. The molecule has 13 heteroatoms. The van der Waals surface area contributed by atoms with Crippen molar-refractivity contribution in [3.63, 3.8) is 0 Å². The largest absolute Gasteiger partial charge is 0.480 e. The third-order valence-corrected chi connectivity index (χ3v) is 5.16. The second kappa shape index (κ2) is 18.2. The summed E-state index contributed by atoms with van der Waals surface area (Å²) >= 11 is 0. The Hall–Kier alpha value is -3.10. The molecule has 1 rings (SSSR count). The second-order valence-corrected chi connectivity index (χ2v) is 8.79. The van der Waals surface area contributed by atoms with Crippen molar-refractivity contribution in [2.45, 2.75) is 57.7 Å². The van der Waals surface area contributed by atoms with E-state index in [9.17, 15) is 29.4 Å². The van der Waals surface area contributed by atoms with Gasteiger partial charge in [-0.25, -0.2) is 15.1 Å². The number of aliphatic carboxylic acids is 1. The molecule has 0 radical (unpaired) electrons. The van der Waals surface area contributed by atoms with Gasteiger partial charge in [0.05, 0.1) is 25.9 Å². The van der Waals surface area contributed by atoms with Crippen LogP contribution in [0.5, 0.6) is 0 Å². The minimum Gasteiger partial charge on any atom is -0.480 e. The van der Waals surface area contributed by atoms with Crippen molar-refractivity contribution in [2.24, 2.45) is 5.92 Å². The number of aliphatic hydroxyl groups is 1. The molecule has 0 fully saturated rings. The Balaban J connectivity index is 2.62. The van der Waals surface area contributed by atoms with Gasteiger partial charge in [-0.3, -0.25) is 25.1 Å². The van der Waals surface area contributed by atoms with Gasteiger partial charge in [-0.2, -0.15) is 0 Å². The summed E-state index contributed by atoms with van der Waals surface area (Å²) in [5.41, 5.74) is 5.60. The van der Waals surface area contributed by atoms with Gasteiger partial charge in [0.25, 0.3) is 0 Å². The predicted molar refractivity (Wildman–Crippen MR) is 132 cm³/mol. The minimum absolute atomic E-state index is 0.00864. The molecule has 0 saturated heterocycles. The van der Waals surface area contributed by atoms with E-state index in [0.717, 1.165) is 5.56 Å². The van der Waals surface area contributed by atoms with Crippen LogP contribution in [0.1, 0.15) is 38.7 Å². The highest BCUT2D eigenvalue weighted by Gasteiger charge is 2.27. The van der Waals surface area contributed by atoms with Gasteiger partial charge in [0.15, 0.2) is 0 Å². The monoisotopic (exact) mass is 526 g/mol. The predicted octanol–water partition coefficient (Wildman–Crippen LogP) is -0.402. The number of rotatable bonds is 19.